The highest BCUT2D eigenvalue weighted by molar-refractivity contribution is 8.00. The van der Waals surface area contributed by atoms with Gasteiger partial charge < -0.3 is 39.1 Å². The number of imide groups is 2. The van der Waals surface area contributed by atoms with Crippen molar-refractivity contribution in [1.82, 2.24) is 25.3 Å². The zero-order valence-corrected chi connectivity index (χ0v) is 58.1. The minimum absolute atomic E-state index is 0.0548. The molecular weight excluding hydrogens is 1150 g/mol. The Morgan fingerprint density at radius 2 is 0.914 bits per heavy atom. The Morgan fingerprint density at radius 1 is 0.556 bits per heavy atom. The van der Waals surface area contributed by atoms with E-state index >= 15 is 0 Å². The molecule has 12 unspecified atom stereocenters. The van der Waals surface area contributed by atoms with E-state index in [9.17, 15) is 28.8 Å². The number of amides is 6. The highest BCUT2D eigenvalue weighted by Crippen LogP contribution is 2.40. The Morgan fingerprint density at radius 3 is 1.26 bits per heavy atom. The third-order valence-corrected chi connectivity index (χ3v) is 19.4. The molecule has 0 aromatic rings. The van der Waals surface area contributed by atoms with Crippen LogP contribution < -0.4 is 10.6 Å². The van der Waals surface area contributed by atoms with Crippen LogP contribution in [0.3, 0.4) is 0 Å². The van der Waals surface area contributed by atoms with Crippen molar-refractivity contribution in [2.75, 3.05) is 104 Å². The molecule has 472 valence electrons. The zero-order chi connectivity index (χ0) is 60.7. The summed E-state index contributed by atoms with van der Waals surface area (Å²) in [5, 5.41) is 3.32. The third-order valence-electron chi connectivity index (χ3n) is 14.8. The lowest BCUT2D eigenvalue weighted by Gasteiger charge is -2.38. The minimum atomic E-state index is -0.469. The summed E-state index contributed by atoms with van der Waals surface area (Å²) in [6, 6.07) is 0. The number of unbranched alkanes of at least 4 members (excludes halogenated alkanes) is 6. The summed E-state index contributed by atoms with van der Waals surface area (Å²) in [6.45, 7) is 30.3. The van der Waals surface area contributed by atoms with Crippen molar-refractivity contribution in [1.29, 1.82) is 0 Å². The number of ether oxygens (including phenoxy) is 6. The lowest BCUT2D eigenvalue weighted by atomic mass is 9.96. The van der Waals surface area contributed by atoms with E-state index in [1.54, 1.807) is 23.5 Å². The van der Waals surface area contributed by atoms with Crippen molar-refractivity contribution in [3.63, 3.8) is 0 Å². The topological polar surface area (TPSA) is 192 Å². The van der Waals surface area contributed by atoms with Crippen LogP contribution in [0.15, 0.2) is 0 Å². The van der Waals surface area contributed by atoms with Crippen LogP contribution in [0.1, 0.15) is 179 Å². The second-order valence-corrected chi connectivity index (χ2v) is 30.8. The molecule has 0 bridgehead atoms. The summed E-state index contributed by atoms with van der Waals surface area (Å²) in [5.74, 6) is 0.619. The summed E-state index contributed by atoms with van der Waals surface area (Å²) in [4.78, 5) is 82.2. The molecule has 2 fully saturated rings. The fraction of sp³-hybridized carbons (Fsp3) is 0.897. The second-order valence-electron chi connectivity index (χ2n) is 23.5. The smallest absolute Gasteiger partial charge is 0.242 e. The zero-order valence-electron chi connectivity index (χ0n) is 51.8. The summed E-state index contributed by atoms with van der Waals surface area (Å²) in [5.41, 5.74) is 0.0548. The SMILES string of the molecule is CCOC(C)(P)CC(COCCCNC(=O)CCN1C(=O)CC(SCCCCCCN(CCCCCCSC2CC(=O)N(CCC(=O)NCCCOCC(CC(C)(P)OCC)C(C)(P)OCC)C2=O)C(C)(C)C)C1=O)C(C)(P)OCC. The number of likely N-dealkylation sites (tertiary alicyclic amines) is 2. The van der Waals surface area contributed by atoms with Gasteiger partial charge in [0.2, 0.25) is 35.4 Å². The molecule has 81 heavy (non-hydrogen) atoms. The van der Waals surface area contributed by atoms with Crippen molar-refractivity contribution in [3.8, 4) is 0 Å². The van der Waals surface area contributed by atoms with E-state index in [0.717, 1.165) is 88.8 Å². The summed E-state index contributed by atoms with van der Waals surface area (Å²) < 4.78 is 35.9. The second kappa shape index (κ2) is 40.0. The van der Waals surface area contributed by atoms with Gasteiger partial charge >= 0.3 is 0 Å². The van der Waals surface area contributed by atoms with E-state index in [1.165, 1.54) is 9.80 Å². The molecule has 2 aliphatic rings. The molecule has 0 aliphatic carbocycles. The maximum atomic E-state index is 13.1. The third kappa shape index (κ3) is 31.2. The number of nitrogens with zero attached hydrogens (tertiary/aromatic N) is 3. The number of carbonyl (C=O) groups excluding carboxylic acids is 6. The van der Waals surface area contributed by atoms with Crippen molar-refractivity contribution in [3.05, 3.63) is 0 Å². The van der Waals surface area contributed by atoms with Gasteiger partial charge in [-0.15, -0.1) is 60.5 Å². The Labute approximate surface area is 507 Å². The lowest BCUT2D eigenvalue weighted by molar-refractivity contribution is -0.140. The van der Waals surface area contributed by atoms with Crippen molar-refractivity contribution >= 4 is 95.9 Å². The number of hydrogen-bond acceptors (Lipinski definition) is 15. The van der Waals surface area contributed by atoms with Crippen LogP contribution in [0, 0.1) is 11.8 Å². The number of carbonyl (C=O) groups is 6. The molecule has 23 heteroatoms. The molecule has 2 rings (SSSR count). The van der Waals surface area contributed by atoms with E-state index in [4.69, 9.17) is 28.4 Å². The minimum Gasteiger partial charge on any atom is -0.381 e. The monoisotopic (exact) mass is 1260 g/mol. The first-order chi connectivity index (χ1) is 38.1. The van der Waals surface area contributed by atoms with Gasteiger partial charge in [-0.25, -0.2) is 0 Å². The normalized spacial score (nSPS) is 19.9. The molecule has 0 aromatic carbocycles. The van der Waals surface area contributed by atoms with Gasteiger partial charge in [0.15, 0.2) is 0 Å². The van der Waals surface area contributed by atoms with Crippen LogP contribution in [-0.4, -0.2) is 191 Å². The van der Waals surface area contributed by atoms with E-state index in [0.29, 0.717) is 78.8 Å². The van der Waals surface area contributed by atoms with E-state index in [-0.39, 0.29) is 102 Å². The standard InChI is InChI=1S/C58H111N5O12P4S2/c1-12-72-55(8,76)40-44(57(10,78)74-14-3)42-70-34-24-28-59-48(64)26-32-62-50(66)38-46(52(62)68)80-36-22-18-16-20-30-61(54(5,6)7)31-21-17-19-23-37-81-47-39-51(67)63(53(47)69)33-27-49(65)60-29-25-35-71-43-45(58(11,79)75-15-4)41-56(9,77)73-13-2/h44-47H,12-43,76-79H2,1-11H3,(H,59,64)(H,60,65). The van der Waals surface area contributed by atoms with Gasteiger partial charge in [0.05, 0.1) is 45.1 Å². The fourth-order valence-corrected chi connectivity index (χ4v) is 14.1. The molecule has 12 atom stereocenters. The molecule has 0 spiro atoms. The summed E-state index contributed by atoms with van der Waals surface area (Å²) in [7, 11) is 11.2. The Balaban J connectivity index is 1.57. The average molecular weight is 1260 g/mol. The van der Waals surface area contributed by atoms with E-state index in [2.05, 4.69) is 73.3 Å². The first kappa shape index (κ1) is 76.5. The quantitative estimate of drug-likeness (QED) is 0.0333. The van der Waals surface area contributed by atoms with Crippen LogP contribution in [0.25, 0.3) is 0 Å². The van der Waals surface area contributed by atoms with Crippen LogP contribution in [-0.2, 0) is 57.2 Å². The molecule has 0 saturated carbocycles. The molecular formula is C58H111N5O12P4S2. The molecule has 2 heterocycles. The van der Waals surface area contributed by atoms with Gasteiger partial charge in [-0.05, 0) is 152 Å². The highest BCUT2D eigenvalue weighted by atomic mass is 32.2. The molecule has 0 aromatic heterocycles. The predicted octanol–water partition coefficient (Wildman–Crippen LogP) is 9.28. The summed E-state index contributed by atoms with van der Waals surface area (Å²) in [6.07, 6.45) is 11.7. The van der Waals surface area contributed by atoms with Gasteiger partial charge in [-0.1, -0.05) is 25.7 Å². The first-order valence-electron chi connectivity index (χ1n) is 30.2. The van der Waals surface area contributed by atoms with Gasteiger partial charge in [0.1, 0.15) is 0 Å². The lowest BCUT2D eigenvalue weighted by Crippen LogP contribution is -2.42. The van der Waals surface area contributed by atoms with Crippen LogP contribution >= 0.6 is 60.5 Å². The Kier molecular flexibility index (Phi) is 37.8. The van der Waals surface area contributed by atoms with Gasteiger partial charge in [-0.3, -0.25) is 43.5 Å². The maximum Gasteiger partial charge on any atom is 0.242 e. The maximum absolute atomic E-state index is 13.1. The van der Waals surface area contributed by atoms with Crippen LogP contribution in [0.2, 0.25) is 0 Å². The van der Waals surface area contributed by atoms with Crippen LogP contribution in [0.4, 0.5) is 0 Å². The highest BCUT2D eigenvalue weighted by Gasteiger charge is 2.41. The Hall–Kier alpha value is -0.640. The van der Waals surface area contributed by atoms with Gasteiger partial charge in [0.25, 0.3) is 0 Å². The molecule has 17 nitrogen and oxygen atoms in total. The molecule has 6 amide bonds. The number of thioether (sulfide) groups is 2. The Bertz CT molecular complexity index is 1750. The molecule has 0 radical (unpaired) electrons. The van der Waals surface area contributed by atoms with Crippen molar-refractivity contribution in [2.24, 2.45) is 11.8 Å². The summed E-state index contributed by atoms with van der Waals surface area (Å²) >= 11 is 3.12. The van der Waals surface area contributed by atoms with E-state index < -0.39 is 21.4 Å². The molecule has 2 N–H and O–H groups in total. The van der Waals surface area contributed by atoms with Crippen molar-refractivity contribution in [2.45, 2.75) is 216 Å². The number of rotatable bonds is 48. The largest absolute Gasteiger partial charge is 0.381 e. The average Bonchev–Trinajstić information content (AvgIpc) is 3.80. The number of nitrogens with one attached hydrogen (secondary N) is 2. The van der Waals surface area contributed by atoms with Gasteiger partial charge in [0, 0.05) is 109 Å². The van der Waals surface area contributed by atoms with Gasteiger partial charge in [-0.2, -0.15) is 0 Å². The molecule has 2 aliphatic heterocycles. The van der Waals surface area contributed by atoms with E-state index in [1.807, 2.05) is 55.4 Å². The van der Waals surface area contributed by atoms with Crippen LogP contribution in [0.5, 0.6) is 0 Å². The fourth-order valence-electron chi connectivity index (χ4n) is 10.1. The predicted molar refractivity (Wildman–Crippen MR) is 345 cm³/mol. The van der Waals surface area contributed by atoms with Crippen molar-refractivity contribution < 1.29 is 57.2 Å². The first-order valence-corrected chi connectivity index (χ1v) is 34.6. The molecule has 2 saturated heterocycles. The number of hydrogen-bond donors (Lipinski definition) is 2.